The molecule has 2 aromatic rings. The zero-order chi connectivity index (χ0) is 18.9. The second-order valence-electron chi connectivity index (χ2n) is 7.31. The van der Waals surface area contributed by atoms with Crippen LogP contribution in [0.25, 0.3) is 11.1 Å². The lowest BCUT2D eigenvalue weighted by Crippen LogP contribution is -2.33. The Balaban J connectivity index is 1.49. The summed E-state index contributed by atoms with van der Waals surface area (Å²) in [6, 6.07) is 16.0. The second kappa shape index (κ2) is 10.1. The van der Waals surface area contributed by atoms with Gasteiger partial charge in [0.1, 0.15) is 12.4 Å². The molecule has 0 bridgehead atoms. The summed E-state index contributed by atoms with van der Waals surface area (Å²) in [5.74, 6) is 0.460. The molecule has 4 heteroatoms. The van der Waals surface area contributed by atoms with E-state index in [1.54, 1.807) is 12.1 Å². The third kappa shape index (κ3) is 6.10. The molecule has 0 spiro atoms. The zero-order valence-corrected chi connectivity index (χ0v) is 16.0. The normalized spacial score (nSPS) is 15.7. The molecule has 2 aromatic carbocycles. The summed E-state index contributed by atoms with van der Waals surface area (Å²) in [6.07, 6.45) is 9.42. The number of benzene rings is 2. The molecule has 27 heavy (non-hydrogen) atoms. The van der Waals surface area contributed by atoms with Gasteiger partial charge >= 0.3 is 0 Å². The van der Waals surface area contributed by atoms with Crippen LogP contribution in [0.3, 0.4) is 0 Å². The predicted octanol–water partition coefficient (Wildman–Crippen LogP) is 4.53. The third-order valence-corrected chi connectivity index (χ3v) is 5.25. The van der Waals surface area contributed by atoms with Crippen LogP contribution in [0.2, 0.25) is 0 Å². The topological polar surface area (TPSA) is 64.4 Å². The molecule has 0 saturated heterocycles. The van der Waals surface area contributed by atoms with E-state index in [-0.39, 0.29) is 0 Å². The van der Waals surface area contributed by atoms with E-state index in [1.807, 2.05) is 36.4 Å². The van der Waals surface area contributed by atoms with E-state index in [1.165, 1.54) is 44.9 Å². The van der Waals surface area contributed by atoms with Crippen LogP contribution >= 0.6 is 0 Å². The number of hydrogen-bond donors (Lipinski definition) is 2. The Morgan fingerprint density at radius 3 is 2.37 bits per heavy atom. The summed E-state index contributed by atoms with van der Waals surface area (Å²) < 4.78 is 5.94. The summed E-state index contributed by atoms with van der Waals surface area (Å²) in [6.45, 7) is 1.54. The lowest BCUT2D eigenvalue weighted by atomic mass is 9.97. The molecule has 0 aliphatic heterocycles. The van der Waals surface area contributed by atoms with Crippen molar-refractivity contribution in [1.29, 1.82) is 0 Å². The second-order valence-corrected chi connectivity index (χ2v) is 7.31. The first kappa shape index (κ1) is 19.4. The van der Waals surface area contributed by atoms with Crippen molar-refractivity contribution >= 4 is 5.91 Å². The van der Waals surface area contributed by atoms with Gasteiger partial charge in [-0.2, -0.15) is 0 Å². The molecule has 3 N–H and O–H groups in total. The third-order valence-electron chi connectivity index (χ3n) is 5.25. The van der Waals surface area contributed by atoms with Gasteiger partial charge in [-0.3, -0.25) is 4.79 Å². The molecule has 0 atom stereocenters. The van der Waals surface area contributed by atoms with Crippen molar-refractivity contribution < 1.29 is 9.53 Å². The highest BCUT2D eigenvalue weighted by Crippen LogP contribution is 2.24. The number of rotatable bonds is 7. The van der Waals surface area contributed by atoms with Crippen LogP contribution in [0.4, 0.5) is 0 Å². The van der Waals surface area contributed by atoms with E-state index in [9.17, 15) is 4.79 Å². The number of ether oxygens (including phenoxy) is 1. The van der Waals surface area contributed by atoms with E-state index in [4.69, 9.17) is 10.5 Å². The van der Waals surface area contributed by atoms with Crippen molar-refractivity contribution in [2.24, 2.45) is 5.73 Å². The predicted molar refractivity (Wildman–Crippen MR) is 110 cm³/mol. The van der Waals surface area contributed by atoms with Crippen LogP contribution in [0, 0.1) is 0 Å². The van der Waals surface area contributed by atoms with Gasteiger partial charge in [-0.25, -0.2) is 0 Å². The monoisotopic (exact) mass is 366 g/mol. The number of nitrogens with one attached hydrogen (secondary N) is 1. The van der Waals surface area contributed by atoms with Crippen molar-refractivity contribution in [2.45, 2.75) is 51.0 Å². The van der Waals surface area contributed by atoms with Gasteiger partial charge in [-0.1, -0.05) is 56.4 Å². The minimum Gasteiger partial charge on any atom is -0.492 e. The molecule has 0 unspecified atom stereocenters. The van der Waals surface area contributed by atoms with Gasteiger partial charge in [-0.15, -0.1) is 0 Å². The number of hydrogen-bond acceptors (Lipinski definition) is 3. The maximum atomic E-state index is 11.2. The van der Waals surface area contributed by atoms with Crippen molar-refractivity contribution in [3.63, 3.8) is 0 Å². The Kier molecular flexibility index (Phi) is 7.28. The molecule has 144 valence electrons. The molecule has 1 saturated carbocycles. The standard InChI is InChI=1S/C23H30N2O2/c24-23(26)19-13-11-18(12-14-19)20-7-6-10-22(17-20)27-16-15-25-21-8-4-2-1-3-5-9-21/h6-7,10-14,17,21,25H,1-5,8-9,15-16H2,(H2,24,26). The highest BCUT2D eigenvalue weighted by atomic mass is 16.5. The minimum atomic E-state index is -0.407. The van der Waals surface area contributed by atoms with E-state index in [0.717, 1.165) is 23.4 Å². The van der Waals surface area contributed by atoms with Crippen LogP contribution in [0.1, 0.15) is 55.3 Å². The Morgan fingerprint density at radius 2 is 1.67 bits per heavy atom. The van der Waals surface area contributed by atoms with E-state index in [2.05, 4.69) is 5.32 Å². The van der Waals surface area contributed by atoms with Gasteiger partial charge < -0.3 is 15.8 Å². The average molecular weight is 367 g/mol. The van der Waals surface area contributed by atoms with E-state index in [0.29, 0.717) is 18.2 Å². The molecule has 1 fully saturated rings. The molecular weight excluding hydrogens is 336 g/mol. The van der Waals surface area contributed by atoms with Crippen LogP contribution in [0.5, 0.6) is 5.75 Å². The summed E-state index contributed by atoms with van der Waals surface area (Å²) in [7, 11) is 0. The Hall–Kier alpha value is -2.33. The fourth-order valence-electron chi connectivity index (χ4n) is 3.68. The largest absolute Gasteiger partial charge is 0.492 e. The summed E-state index contributed by atoms with van der Waals surface area (Å²) in [5, 5.41) is 3.65. The van der Waals surface area contributed by atoms with Crippen molar-refractivity contribution in [2.75, 3.05) is 13.2 Å². The molecule has 0 radical (unpaired) electrons. The first-order valence-corrected chi connectivity index (χ1v) is 10.1. The summed E-state index contributed by atoms with van der Waals surface area (Å²) in [5.41, 5.74) is 7.93. The van der Waals surface area contributed by atoms with E-state index < -0.39 is 5.91 Å². The molecular formula is C23H30N2O2. The molecule has 1 amide bonds. The quantitative estimate of drug-likeness (QED) is 0.708. The summed E-state index contributed by atoms with van der Waals surface area (Å²) in [4.78, 5) is 11.2. The van der Waals surface area contributed by atoms with Gasteiger partial charge in [0.2, 0.25) is 5.91 Å². The number of primary amides is 1. The van der Waals surface area contributed by atoms with Crippen molar-refractivity contribution in [3.8, 4) is 16.9 Å². The Bertz CT molecular complexity index is 719. The van der Waals surface area contributed by atoms with Gasteiger partial charge in [0, 0.05) is 18.2 Å². The number of amides is 1. The Labute approximate surface area is 162 Å². The molecule has 1 aliphatic carbocycles. The van der Waals surface area contributed by atoms with Crippen LogP contribution in [-0.4, -0.2) is 25.1 Å². The highest BCUT2D eigenvalue weighted by Gasteiger charge is 2.10. The van der Waals surface area contributed by atoms with Gasteiger partial charge in [-0.05, 0) is 48.2 Å². The molecule has 4 nitrogen and oxygen atoms in total. The smallest absolute Gasteiger partial charge is 0.248 e. The minimum absolute atomic E-state index is 0.407. The van der Waals surface area contributed by atoms with Crippen LogP contribution in [-0.2, 0) is 0 Å². The average Bonchev–Trinajstić information content (AvgIpc) is 2.67. The lowest BCUT2D eigenvalue weighted by molar-refractivity contribution is 0.100. The first-order valence-electron chi connectivity index (χ1n) is 10.1. The molecule has 3 rings (SSSR count). The highest BCUT2D eigenvalue weighted by molar-refractivity contribution is 5.93. The number of nitrogens with two attached hydrogens (primary N) is 1. The fourth-order valence-corrected chi connectivity index (χ4v) is 3.68. The SMILES string of the molecule is NC(=O)c1ccc(-c2cccc(OCCNC3CCCCCCC3)c2)cc1. The zero-order valence-electron chi connectivity index (χ0n) is 16.0. The van der Waals surface area contributed by atoms with Crippen molar-refractivity contribution in [3.05, 3.63) is 54.1 Å². The maximum absolute atomic E-state index is 11.2. The first-order chi connectivity index (χ1) is 13.2. The van der Waals surface area contributed by atoms with Crippen LogP contribution < -0.4 is 15.8 Å². The maximum Gasteiger partial charge on any atom is 0.248 e. The number of carbonyl (C=O) groups excluding carboxylic acids is 1. The van der Waals surface area contributed by atoms with Gasteiger partial charge in [0.15, 0.2) is 0 Å². The molecule has 0 aromatic heterocycles. The van der Waals surface area contributed by atoms with Crippen LogP contribution in [0.15, 0.2) is 48.5 Å². The summed E-state index contributed by atoms with van der Waals surface area (Å²) >= 11 is 0. The molecule has 1 aliphatic rings. The van der Waals surface area contributed by atoms with Crippen molar-refractivity contribution in [1.82, 2.24) is 5.32 Å². The van der Waals surface area contributed by atoms with E-state index >= 15 is 0 Å². The lowest BCUT2D eigenvalue weighted by Gasteiger charge is -2.21. The Morgan fingerprint density at radius 1 is 0.963 bits per heavy atom. The number of carbonyl (C=O) groups is 1. The fraction of sp³-hybridized carbons (Fsp3) is 0.435. The van der Waals surface area contributed by atoms with Gasteiger partial charge in [0.05, 0.1) is 0 Å². The molecule has 0 heterocycles. The van der Waals surface area contributed by atoms with Gasteiger partial charge in [0.25, 0.3) is 0 Å².